The van der Waals surface area contributed by atoms with Crippen LogP contribution in [0.2, 0.25) is 0 Å². The summed E-state index contributed by atoms with van der Waals surface area (Å²) in [5, 5.41) is 5.63. The van der Waals surface area contributed by atoms with E-state index in [1.807, 2.05) is 19.1 Å². The summed E-state index contributed by atoms with van der Waals surface area (Å²) in [7, 11) is 0. The zero-order valence-corrected chi connectivity index (χ0v) is 12.6. The average molecular weight is 276 g/mol. The van der Waals surface area contributed by atoms with E-state index in [1.165, 1.54) is 19.8 Å². The van der Waals surface area contributed by atoms with Gasteiger partial charge in [-0.3, -0.25) is 9.59 Å². The first-order valence-electron chi connectivity index (χ1n) is 7.21. The maximum atomic E-state index is 11.8. The highest BCUT2D eigenvalue weighted by molar-refractivity contribution is 5.93. The van der Waals surface area contributed by atoms with Crippen LogP contribution in [-0.2, 0) is 9.59 Å². The van der Waals surface area contributed by atoms with E-state index in [4.69, 9.17) is 0 Å². The Morgan fingerprint density at radius 1 is 1.10 bits per heavy atom. The van der Waals surface area contributed by atoms with Gasteiger partial charge in [-0.05, 0) is 31.0 Å². The second-order valence-corrected chi connectivity index (χ2v) is 5.07. The van der Waals surface area contributed by atoms with Gasteiger partial charge in [-0.2, -0.15) is 0 Å². The largest absolute Gasteiger partial charge is 0.326 e. The molecule has 4 heteroatoms. The quantitative estimate of drug-likeness (QED) is 0.743. The van der Waals surface area contributed by atoms with Gasteiger partial charge in [-0.1, -0.05) is 32.3 Å². The Morgan fingerprint density at radius 2 is 1.85 bits per heavy atom. The number of hydrogen-bond acceptors (Lipinski definition) is 2. The third kappa shape index (κ3) is 5.87. The first-order valence-corrected chi connectivity index (χ1v) is 7.21. The number of anilines is 2. The maximum Gasteiger partial charge on any atom is 0.224 e. The van der Waals surface area contributed by atoms with E-state index >= 15 is 0 Å². The van der Waals surface area contributed by atoms with E-state index in [0.29, 0.717) is 6.42 Å². The molecule has 1 aromatic carbocycles. The Balaban J connectivity index is 2.54. The summed E-state index contributed by atoms with van der Waals surface area (Å²) < 4.78 is 0. The van der Waals surface area contributed by atoms with Gasteiger partial charge in [0.1, 0.15) is 0 Å². The molecular formula is C16H24N2O2. The summed E-state index contributed by atoms with van der Waals surface area (Å²) in [6.45, 7) is 5.54. The topological polar surface area (TPSA) is 58.2 Å². The van der Waals surface area contributed by atoms with Gasteiger partial charge in [0.2, 0.25) is 11.8 Å². The first-order chi connectivity index (χ1) is 9.52. The van der Waals surface area contributed by atoms with Crippen LogP contribution in [0.4, 0.5) is 11.4 Å². The summed E-state index contributed by atoms with van der Waals surface area (Å²) in [5.41, 5.74) is 2.43. The van der Waals surface area contributed by atoms with Gasteiger partial charge < -0.3 is 10.6 Å². The maximum absolute atomic E-state index is 11.8. The molecule has 0 aliphatic heterocycles. The number of benzene rings is 1. The molecule has 0 aromatic heterocycles. The number of hydrogen-bond donors (Lipinski definition) is 2. The highest BCUT2D eigenvalue weighted by Crippen LogP contribution is 2.20. The van der Waals surface area contributed by atoms with Crippen LogP contribution in [0.1, 0.15) is 51.5 Å². The molecule has 0 fully saturated rings. The number of unbranched alkanes of at least 4 members (excludes halogenated alkanes) is 3. The molecule has 0 unspecified atom stereocenters. The Bertz CT molecular complexity index is 470. The minimum atomic E-state index is -0.115. The monoisotopic (exact) mass is 276 g/mol. The molecule has 110 valence electrons. The van der Waals surface area contributed by atoms with E-state index in [-0.39, 0.29) is 11.8 Å². The second kappa shape index (κ2) is 8.35. The molecule has 0 saturated carbocycles. The number of carbonyl (C=O) groups is 2. The molecule has 1 aromatic rings. The predicted molar refractivity (Wildman–Crippen MR) is 82.9 cm³/mol. The van der Waals surface area contributed by atoms with Crippen LogP contribution in [0.5, 0.6) is 0 Å². The second-order valence-electron chi connectivity index (χ2n) is 5.07. The summed E-state index contributed by atoms with van der Waals surface area (Å²) in [6.07, 6.45) is 4.90. The van der Waals surface area contributed by atoms with Gasteiger partial charge in [-0.15, -0.1) is 0 Å². The lowest BCUT2D eigenvalue weighted by molar-refractivity contribution is -0.116. The number of carbonyl (C=O) groups excluding carboxylic acids is 2. The number of rotatable bonds is 7. The van der Waals surface area contributed by atoms with E-state index in [9.17, 15) is 9.59 Å². The number of nitrogens with one attached hydrogen (secondary N) is 2. The highest BCUT2D eigenvalue weighted by atomic mass is 16.2. The molecule has 0 heterocycles. The molecule has 0 spiro atoms. The van der Waals surface area contributed by atoms with Crippen LogP contribution < -0.4 is 10.6 Å². The lowest BCUT2D eigenvalue weighted by Gasteiger charge is -2.10. The van der Waals surface area contributed by atoms with Crippen LogP contribution in [-0.4, -0.2) is 11.8 Å². The summed E-state index contributed by atoms with van der Waals surface area (Å²) in [6, 6.07) is 5.53. The standard InChI is InChI=1S/C16H24N2O2/c1-4-5-6-7-8-16(20)18-14-10-9-12(2)15(11-14)17-13(3)19/h9-11H,4-8H2,1-3H3,(H,17,19)(H,18,20). The fourth-order valence-electron chi connectivity index (χ4n) is 1.96. The molecule has 0 atom stereocenters. The molecule has 2 N–H and O–H groups in total. The lowest BCUT2D eigenvalue weighted by Crippen LogP contribution is -2.12. The summed E-state index contributed by atoms with van der Waals surface area (Å²) in [4.78, 5) is 22.9. The minimum Gasteiger partial charge on any atom is -0.326 e. The average Bonchev–Trinajstić information content (AvgIpc) is 2.38. The Hall–Kier alpha value is -1.84. The zero-order valence-electron chi connectivity index (χ0n) is 12.6. The van der Waals surface area contributed by atoms with Crippen molar-refractivity contribution in [2.45, 2.75) is 52.9 Å². The van der Waals surface area contributed by atoms with Crippen molar-refractivity contribution < 1.29 is 9.59 Å². The van der Waals surface area contributed by atoms with Gasteiger partial charge in [0.15, 0.2) is 0 Å². The van der Waals surface area contributed by atoms with Gasteiger partial charge in [0, 0.05) is 24.7 Å². The fourth-order valence-corrected chi connectivity index (χ4v) is 1.96. The molecule has 0 aliphatic rings. The van der Waals surface area contributed by atoms with Crippen LogP contribution in [0.25, 0.3) is 0 Å². The molecule has 2 amide bonds. The molecule has 0 radical (unpaired) electrons. The fraction of sp³-hybridized carbons (Fsp3) is 0.500. The number of aryl methyl sites for hydroxylation is 1. The third-order valence-electron chi connectivity index (χ3n) is 3.09. The van der Waals surface area contributed by atoms with Crippen molar-refractivity contribution in [2.75, 3.05) is 10.6 Å². The van der Waals surface area contributed by atoms with Crippen molar-refractivity contribution in [1.82, 2.24) is 0 Å². The van der Waals surface area contributed by atoms with Gasteiger partial charge >= 0.3 is 0 Å². The smallest absolute Gasteiger partial charge is 0.224 e. The predicted octanol–water partition coefficient (Wildman–Crippen LogP) is 3.86. The number of amides is 2. The normalized spacial score (nSPS) is 10.2. The molecule has 20 heavy (non-hydrogen) atoms. The summed E-state index contributed by atoms with van der Waals surface area (Å²) >= 11 is 0. The Labute approximate surface area is 121 Å². The van der Waals surface area contributed by atoms with Crippen LogP contribution in [0.15, 0.2) is 18.2 Å². The van der Waals surface area contributed by atoms with Crippen molar-refractivity contribution in [3.05, 3.63) is 23.8 Å². The van der Waals surface area contributed by atoms with E-state index in [0.717, 1.165) is 29.8 Å². The molecule has 0 saturated heterocycles. The minimum absolute atomic E-state index is 0.0266. The lowest BCUT2D eigenvalue weighted by atomic mass is 10.1. The first kappa shape index (κ1) is 16.2. The van der Waals surface area contributed by atoms with E-state index in [2.05, 4.69) is 17.6 Å². The van der Waals surface area contributed by atoms with Crippen LogP contribution >= 0.6 is 0 Å². The third-order valence-corrected chi connectivity index (χ3v) is 3.09. The highest BCUT2D eigenvalue weighted by Gasteiger charge is 2.05. The van der Waals surface area contributed by atoms with E-state index < -0.39 is 0 Å². The van der Waals surface area contributed by atoms with Crippen molar-refractivity contribution in [2.24, 2.45) is 0 Å². The van der Waals surface area contributed by atoms with Crippen molar-refractivity contribution in [1.29, 1.82) is 0 Å². The molecule has 0 bridgehead atoms. The van der Waals surface area contributed by atoms with Crippen molar-refractivity contribution >= 4 is 23.2 Å². The Morgan fingerprint density at radius 3 is 2.50 bits per heavy atom. The van der Waals surface area contributed by atoms with Gasteiger partial charge in [0.05, 0.1) is 0 Å². The molecule has 0 aliphatic carbocycles. The SMILES string of the molecule is CCCCCCC(=O)Nc1ccc(C)c(NC(C)=O)c1. The van der Waals surface area contributed by atoms with Crippen molar-refractivity contribution in [3.8, 4) is 0 Å². The zero-order chi connectivity index (χ0) is 15.0. The molecular weight excluding hydrogens is 252 g/mol. The van der Waals surface area contributed by atoms with E-state index in [1.54, 1.807) is 6.07 Å². The Kier molecular flexibility index (Phi) is 6.77. The molecule has 1 rings (SSSR count). The van der Waals surface area contributed by atoms with Crippen molar-refractivity contribution in [3.63, 3.8) is 0 Å². The van der Waals surface area contributed by atoms with Crippen LogP contribution in [0, 0.1) is 6.92 Å². The van der Waals surface area contributed by atoms with Gasteiger partial charge in [0.25, 0.3) is 0 Å². The molecule has 4 nitrogen and oxygen atoms in total. The van der Waals surface area contributed by atoms with Gasteiger partial charge in [-0.25, -0.2) is 0 Å². The summed E-state index contributed by atoms with van der Waals surface area (Å²) in [5.74, 6) is -0.0881. The van der Waals surface area contributed by atoms with Crippen LogP contribution in [0.3, 0.4) is 0 Å².